The maximum absolute atomic E-state index is 12.3. The fourth-order valence-corrected chi connectivity index (χ4v) is 2.71. The normalized spacial score (nSPS) is 13.6. The molecular weight excluding hydrogens is 306 g/mol. The van der Waals surface area contributed by atoms with E-state index in [1.807, 2.05) is 45.9 Å². The van der Waals surface area contributed by atoms with Crippen LogP contribution in [0.2, 0.25) is 0 Å². The summed E-state index contributed by atoms with van der Waals surface area (Å²) in [7, 11) is 0. The van der Waals surface area contributed by atoms with Crippen LogP contribution in [0.5, 0.6) is 5.75 Å². The summed E-state index contributed by atoms with van der Waals surface area (Å²) in [6, 6.07) is 5.66. The van der Waals surface area contributed by atoms with Gasteiger partial charge < -0.3 is 20.6 Å². The highest BCUT2D eigenvalue weighted by molar-refractivity contribution is 5.78. The van der Waals surface area contributed by atoms with E-state index in [0.29, 0.717) is 6.42 Å². The largest absolute Gasteiger partial charge is 0.507 e. The first-order valence-electron chi connectivity index (χ1n) is 8.43. The number of rotatable bonds is 7. The molecule has 0 saturated heterocycles. The van der Waals surface area contributed by atoms with Crippen LogP contribution in [0, 0.1) is 0 Å². The SMILES string of the molecule is CCC(CC(=O)NC(C)(CO)CO)c1cccc(C(C)(C)C)c1O. The Kier molecular flexibility index (Phi) is 6.81. The summed E-state index contributed by atoms with van der Waals surface area (Å²) < 4.78 is 0. The molecule has 0 fully saturated rings. The zero-order valence-electron chi connectivity index (χ0n) is 15.4. The van der Waals surface area contributed by atoms with Gasteiger partial charge in [0.25, 0.3) is 0 Å². The third kappa shape index (κ3) is 4.95. The maximum Gasteiger partial charge on any atom is 0.221 e. The predicted octanol–water partition coefficient (Wildman–Crippen LogP) is 2.43. The van der Waals surface area contributed by atoms with Gasteiger partial charge in [-0.25, -0.2) is 0 Å². The lowest BCUT2D eigenvalue weighted by molar-refractivity contribution is -0.124. The van der Waals surface area contributed by atoms with E-state index >= 15 is 0 Å². The molecule has 24 heavy (non-hydrogen) atoms. The number of aliphatic hydroxyl groups excluding tert-OH is 2. The molecule has 0 saturated carbocycles. The van der Waals surface area contributed by atoms with Crippen LogP contribution in [0.1, 0.15) is 64.5 Å². The lowest BCUT2D eigenvalue weighted by Crippen LogP contribution is -2.52. The van der Waals surface area contributed by atoms with E-state index in [2.05, 4.69) is 5.32 Å². The number of carbonyl (C=O) groups excluding carboxylic acids is 1. The van der Waals surface area contributed by atoms with Crippen LogP contribution in [-0.4, -0.2) is 40.0 Å². The average Bonchev–Trinajstić information content (AvgIpc) is 2.51. The second-order valence-electron chi connectivity index (χ2n) is 7.73. The summed E-state index contributed by atoms with van der Waals surface area (Å²) in [4.78, 5) is 12.3. The van der Waals surface area contributed by atoms with E-state index in [9.17, 15) is 20.1 Å². The number of aliphatic hydroxyl groups is 2. The molecule has 0 heterocycles. The number of amides is 1. The number of benzene rings is 1. The quantitative estimate of drug-likeness (QED) is 0.615. The third-order valence-corrected chi connectivity index (χ3v) is 4.38. The van der Waals surface area contributed by atoms with Gasteiger partial charge in [0.2, 0.25) is 5.91 Å². The van der Waals surface area contributed by atoms with Gasteiger partial charge in [-0.05, 0) is 35.8 Å². The number of carbonyl (C=O) groups is 1. The fourth-order valence-electron chi connectivity index (χ4n) is 2.71. The molecule has 5 heteroatoms. The highest BCUT2D eigenvalue weighted by Crippen LogP contribution is 2.38. The number of aromatic hydroxyl groups is 1. The van der Waals surface area contributed by atoms with Crippen molar-refractivity contribution in [3.8, 4) is 5.75 Å². The van der Waals surface area contributed by atoms with E-state index in [-0.39, 0.29) is 42.6 Å². The molecule has 0 aliphatic rings. The van der Waals surface area contributed by atoms with Crippen molar-refractivity contribution in [2.45, 2.75) is 64.3 Å². The number of para-hydroxylation sites is 1. The van der Waals surface area contributed by atoms with Crippen LogP contribution in [0.4, 0.5) is 0 Å². The summed E-state index contributed by atoms with van der Waals surface area (Å²) in [6.45, 7) is 8.99. The number of hydrogen-bond acceptors (Lipinski definition) is 4. The Labute approximate surface area is 144 Å². The van der Waals surface area contributed by atoms with E-state index < -0.39 is 5.54 Å². The minimum Gasteiger partial charge on any atom is -0.507 e. The molecule has 1 atom stereocenters. The van der Waals surface area contributed by atoms with Gasteiger partial charge in [0.15, 0.2) is 0 Å². The number of phenols is 1. The van der Waals surface area contributed by atoms with Crippen molar-refractivity contribution in [3.63, 3.8) is 0 Å². The second kappa shape index (κ2) is 7.99. The molecule has 0 radical (unpaired) electrons. The molecular formula is C19H31NO4. The second-order valence-corrected chi connectivity index (χ2v) is 7.73. The fraction of sp³-hybridized carbons (Fsp3) is 0.632. The van der Waals surface area contributed by atoms with Crippen molar-refractivity contribution in [1.29, 1.82) is 0 Å². The van der Waals surface area contributed by atoms with Gasteiger partial charge in [0, 0.05) is 6.42 Å². The third-order valence-electron chi connectivity index (χ3n) is 4.38. The molecule has 5 nitrogen and oxygen atoms in total. The maximum atomic E-state index is 12.3. The Morgan fingerprint density at radius 3 is 2.21 bits per heavy atom. The standard InChI is InChI=1S/C19H31NO4/c1-6-13(10-16(23)20-19(5,11-21)12-22)14-8-7-9-15(17(14)24)18(2,3)4/h7-9,13,21-22,24H,6,10-12H2,1-5H3,(H,20,23). The molecule has 0 bridgehead atoms. The summed E-state index contributed by atoms with van der Waals surface area (Å²) in [5.74, 6) is -0.140. The number of phenolic OH excluding ortho intramolecular Hbond substituents is 1. The molecule has 136 valence electrons. The van der Waals surface area contributed by atoms with Crippen molar-refractivity contribution >= 4 is 5.91 Å². The molecule has 0 spiro atoms. The zero-order chi connectivity index (χ0) is 18.5. The summed E-state index contributed by atoms with van der Waals surface area (Å²) in [6.07, 6.45) is 0.886. The van der Waals surface area contributed by atoms with Gasteiger partial charge in [-0.15, -0.1) is 0 Å². The van der Waals surface area contributed by atoms with Crippen LogP contribution in [0.15, 0.2) is 18.2 Å². The van der Waals surface area contributed by atoms with E-state index in [0.717, 1.165) is 11.1 Å². The van der Waals surface area contributed by atoms with Crippen molar-refractivity contribution in [2.75, 3.05) is 13.2 Å². The van der Waals surface area contributed by atoms with Gasteiger partial charge in [-0.2, -0.15) is 0 Å². The molecule has 1 amide bonds. The van der Waals surface area contributed by atoms with Crippen molar-refractivity contribution < 1.29 is 20.1 Å². The van der Waals surface area contributed by atoms with Gasteiger partial charge in [0.05, 0.1) is 18.8 Å². The Balaban J connectivity index is 3.01. The molecule has 1 aromatic rings. The van der Waals surface area contributed by atoms with Crippen molar-refractivity contribution in [2.24, 2.45) is 0 Å². The lowest BCUT2D eigenvalue weighted by atomic mass is 9.82. The van der Waals surface area contributed by atoms with Gasteiger partial charge in [-0.3, -0.25) is 4.79 Å². The Hall–Kier alpha value is -1.59. The highest BCUT2D eigenvalue weighted by atomic mass is 16.3. The number of nitrogens with one attached hydrogen (secondary N) is 1. The van der Waals surface area contributed by atoms with Gasteiger partial charge in [0.1, 0.15) is 5.75 Å². The van der Waals surface area contributed by atoms with E-state index in [1.165, 1.54) is 0 Å². The molecule has 1 unspecified atom stereocenters. The first-order chi connectivity index (χ1) is 11.1. The van der Waals surface area contributed by atoms with Crippen molar-refractivity contribution in [1.82, 2.24) is 5.32 Å². The summed E-state index contributed by atoms with van der Waals surface area (Å²) in [5.41, 5.74) is 0.390. The summed E-state index contributed by atoms with van der Waals surface area (Å²) in [5, 5.41) is 31.9. The molecule has 4 N–H and O–H groups in total. The van der Waals surface area contributed by atoms with E-state index in [4.69, 9.17) is 0 Å². The topological polar surface area (TPSA) is 89.8 Å². The van der Waals surface area contributed by atoms with Crippen LogP contribution in [-0.2, 0) is 10.2 Å². The van der Waals surface area contributed by atoms with Crippen LogP contribution in [0.3, 0.4) is 0 Å². The monoisotopic (exact) mass is 337 g/mol. The smallest absolute Gasteiger partial charge is 0.221 e. The number of hydrogen-bond donors (Lipinski definition) is 4. The Bertz CT molecular complexity index is 559. The first-order valence-corrected chi connectivity index (χ1v) is 8.43. The van der Waals surface area contributed by atoms with E-state index in [1.54, 1.807) is 6.92 Å². The molecule has 0 aliphatic carbocycles. The lowest BCUT2D eigenvalue weighted by Gasteiger charge is -2.28. The average molecular weight is 337 g/mol. The minimum absolute atomic E-state index is 0.131. The van der Waals surface area contributed by atoms with Crippen LogP contribution >= 0.6 is 0 Å². The minimum atomic E-state index is -1.04. The zero-order valence-corrected chi connectivity index (χ0v) is 15.4. The molecule has 0 aromatic heterocycles. The van der Waals surface area contributed by atoms with Crippen molar-refractivity contribution in [3.05, 3.63) is 29.3 Å². The molecule has 1 aromatic carbocycles. The van der Waals surface area contributed by atoms with Crippen LogP contribution in [0.25, 0.3) is 0 Å². The Morgan fingerprint density at radius 2 is 1.75 bits per heavy atom. The first kappa shape index (κ1) is 20.5. The van der Waals surface area contributed by atoms with Gasteiger partial charge >= 0.3 is 0 Å². The summed E-state index contributed by atoms with van der Waals surface area (Å²) >= 11 is 0. The molecule has 0 aliphatic heterocycles. The van der Waals surface area contributed by atoms with Gasteiger partial charge in [-0.1, -0.05) is 45.9 Å². The van der Waals surface area contributed by atoms with Crippen LogP contribution < -0.4 is 5.32 Å². The Morgan fingerprint density at radius 1 is 1.17 bits per heavy atom. The highest BCUT2D eigenvalue weighted by Gasteiger charge is 2.28. The predicted molar refractivity (Wildman–Crippen MR) is 95.2 cm³/mol. The molecule has 1 rings (SSSR count).